The Kier molecular flexibility index (Phi) is 5.21. The molecule has 6 nitrogen and oxygen atoms in total. The van der Waals surface area contributed by atoms with Gasteiger partial charge in [0.1, 0.15) is 6.10 Å². The minimum absolute atomic E-state index is 0.144. The standard InChI is InChI=1S/C22H23N3O3/c1-14-6-5-7-16-12-17(15(2)24-21(14)16)22(26)25-18-9-11-27-13-19(18)28-20-8-3-4-10-23-20/h3-8,10,12,18-19H,9,11,13H2,1-2H3,(H,25,26)/t18-,19-/m1/s1. The SMILES string of the molecule is Cc1nc2c(C)cccc2cc1C(=O)N[C@@H]1CCOC[C@H]1Oc1ccccn1. The summed E-state index contributed by atoms with van der Waals surface area (Å²) in [5.41, 5.74) is 3.33. The van der Waals surface area contributed by atoms with Gasteiger partial charge in [-0.1, -0.05) is 24.3 Å². The molecule has 0 aliphatic carbocycles. The lowest BCUT2D eigenvalue weighted by Gasteiger charge is -2.32. The van der Waals surface area contributed by atoms with Gasteiger partial charge in [-0.25, -0.2) is 4.98 Å². The Hall–Kier alpha value is -2.99. The van der Waals surface area contributed by atoms with E-state index in [0.29, 0.717) is 36.8 Å². The third-order valence-corrected chi connectivity index (χ3v) is 5.01. The maximum absolute atomic E-state index is 13.0. The van der Waals surface area contributed by atoms with E-state index in [2.05, 4.69) is 15.3 Å². The van der Waals surface area contributed by atoms with Crippen LogP contribution in [-0.4, -0.2) is 41.2 Å². The lowest BCUT2D eigenvalue weighted by atomic mass is 10.0. The van der Waals surface area contributed by atoms with Gasteiger partial charge < -0.3 is 14.8 Å². The molecule has 0 bridgehead atoms. The van der Waals surface area contributed by atoms with Gasteiger partial charge in [-0.15, -0.1) is 0 Å². The molecule has 144 valence electrons. The zero-order valence-electron chi connectivity index (χ0n) is 16.0. The zero-order valence-corrected chi connectivity index (χ0v) is 16.0. The third-order valence-electron chi connectivity index (χ3n) is 5.01. The highest BCUT2D eigenvalue weighted by molar-refractivity contribution is 5.99. The summed E-state index contributed by atoms with van der Waals surface area (Å²) in [4.78, 5) is 21.8. The number of nitrogens with zero attached hydrogens (tertiary/aromatic N) is 2. The number of hydrogen-bond donors (Lipinski definition) is 1. The van der Waals surface area contributed by atoms with Crippen molar-refractivity contribution in [3.63, 3.8) is 0 Å². The average molecular weight is 377 g/mol. The Morgan fingerprint density at radius 3 is 2.93 bits per heavy atom. The molecule has 1 saturated heterocycles. The van der Waals surface area contributed by atoms with Crippen LogP contribution < -0.4 is 10.1 Å². The minimum Gasteiger partial charge on any atom is -0.470 e. The predicted octanol–water partition coefficient (Wildman–Crippen LogP) is 3.21. The number of benzene rings is 1. The van der Waals surface area contributed by atoms with Crippen LogP contribution >= 0.6 is 0 Å². The molecule has 1 N–H and O–H groups in total. The van der Waals surface area contributed by atoms with Crippen molar-refractivity contribution in [2.45, 2.75) is 32.4 Å². The van der Waals surface area contributed by atoms with E-state index in [1.54, 1.807) is 12.3 Å². The van der Waals surface area contributed by atoms with Gasteiger partial charge in [0, 0.05) is 24.3 Å². The van der Waals surface area contributed by atoms with Crippen LogP contribution in [0.15, 0.2) is 48.7 Å². The number of hydrogen-bond acceptors (Lipinski definition) is 5. The van der Waals surface area contributed by atoms with Gasteiger partial charge in [-0.05, 0) is 38.0 Å². The Balaban J connectivity index is 1.54. The number of fused-ring (bicyclic) bond motifs is 1. The quantitative estimate of drug-likeness (QED) is 0.756. The molecule has 6 heteroatoms. The molecule has 3 heterocycles. The van der Waals surface area contributed by atoms with E-state index < -0.39 is 0 Å². The molecular formula is C22H23N3O3. The Bertz CT molecular complexity index is 991. The fraction of sp³-hybridized carbons (Fsp3) is 0.318. The van der Waals surface area contributed by atoms with Gasteiger partial charge in [0.25, 0.3) is 5.91 Å². The Labute approximate surface area is 163 Å². The summed E-state index contributed by atoms with van der Waals surface area (Å²) in [6.07, 6.45) is 2.07. The van der Waals surface area contributed by atoms with Crippen LogP contribution in [0.5, 0.6) is 5.88 Å². The maximum atomic E-state index is 13.0. The smallest absolute Gasteiger partial charge is 0.253 e. The molecule has 0 spiro atoms. The molecule has 1 fully saturated rings. The first-order chi connectivity index (χ1) is 13.6. The first kappa shape index (κ1) is 18.4. The zero-order chi connectivity index (χ0) is 19.5. The molecule has 1 amide bonds. The van der Waals surface area contributed by atoms with Gasteiger partial charge in [0.15, 0.2) is 0 Å². The highest BCUT2D eigenvalue weighted by atomic mass is 16.5. The third kappa shape index (κ3) is 3.82. The number of pyridine rings is 2. The average Bonchev–Trinajstić information content (AvgIpc) is 2.70. The van der Waals surface area contributed by atoms with Gasteiger partial charge in [0.05, 0.1) is 29.4 Å². The molecule has 1 aromatic carbocycles. The summed E-state index contributed by atoms with van der Waals surface area (Å²) in [6, 6.07) is 13.2. The van der Waals surface area contributed by atoms with Crippen molar-refractivity contribution >= 4 is 16.8 Å². The van der Waals surface area contributed by atoms with Gasteiger partial charge >= 0.3 is 0 Å². The fourth-order valence-corrected chi connectivity index (χ4v) is 3.48. The van der Waals surface area contributed by atoms with Crippen LogP contribution in [0.3, 0.4) is 0 Å². The van der Waals surface area contributed by atoms with E-state index in [9.17, 15) is 4.79 Å². The van der Waals surface area contributed by atoms with Crippen molar-refractivity contribution in [1.82, 2.24) is 15.3 Å². The minimum atomic E-state index is -0.288. The molecule has 4 rings (SSSR count). The molecule has 0 saturated carbocycles. The van der Waals surface area contributed by atoms with Crippen molar-refractivity contribution in [2.24, 2.45) is 0 Å². The summed E-state index contributed by atoms with van der Waals surface area (Å²) in [5.74, 6) is 0.381. The van der Waals surface area contributed by atoms with E-state index >= 15 is 0 Å². The monoisotopic (exact) mass is 377 g/mol. The number of amides is 1. The molecular weight excluding hydrogens is 354 g/mol. The summed E-state index contributed by atoms with van der Waals surface area (Å²) in [7, 11) is 0. The van der Waals surface area contributed by atoms with Crippen LogP contribution in [0.2, 0.25) is 0 Å². The summed E-state index contributed by atoms with van der Waals surface area (Å²) >= 11 is 0. The van der Waals surface area contributed by atoms with Crippen LogP contribution in [0.1, 0.15) is 28.0 Å². The normalized spacial score (nSPS) is 19.4. The van der Waals surface area contributed by atoms with E-state index in [1.807, 2.05) is 50.2 Å². The summed E-state index contributed by atoms with van der Waals surface area (Å²) in [5, 5.41) is 4.08. The van der Waals surface area contributed by atoms with Crippen molar-refractivity contribution in [1.29, 1.82) is 0 Å². The second-order valence-electron chi connectivity index (χ2n) is 7.04. The van der Waals surface area contributed by atoms with Crippen molar-refractivity contribution in [3.05, 3.63) is 65.5 Å². The molecule has 1 aliphatic rings. The lowest BCUT2D eigenvalue weighted by molar-refractivity contribution is -0.0153. The highest BCUT2D eigenvalue weighted by Gasteiger charge is 2.30. The molecule has 2 aromatic heterocycles. The Morgan fingerprint density at radius 1 is 1.21 bits per heavy atom. The summed E-state index contributed by atoms with van der Waals surface area (Å²) < 4.78 is 11.5. The number of ether oxygens (including phenoxy) is 2. The first-order valence-corrected chi connectivity index (χ1v) is 9.45. The maximum Gasteiger partial charge on any atom is 0.253 e. The Morgan fingerprint density at radius 2 is 2.11 bits per heavy atom. The number of nitrogens with one attached hydrogen (secondary N) is 1. The second-order valence-corrected chi connectivity index (χ2v) is 7.04. The van der Waals surface area contributed by atoms with Crippen LogP contribution in [-0.2, 0) is 4.74 Å². The molecule has 3 aromatic rings. The van der Waals surface area contributed by atoms with Gasteiger partial charge in [-0.2, -0.15) is 0 Å². The topological polar surface area (TPSA) is 73.3 Å². The van der Waals surface area contributed by atoms with Crippen LogP contribution in [0.25, 0.3) is 10.9 Å². The van der Waals surface area contributed by atoms with E-state index in [4.69, 9.17) is 9.47 Å². The predicted molar refractivity (Wildman–Crippen MR) is 107 cm³/mol. The van der Waals surface area contributed by atoms with Crippen LogP contribution in [0.4, 0.5) is 0 Å². The number of rotatable bonds is 4. The number of carbonyl (C=O) groups is 1. The number of aryl methyl sites for hydroxylation is 2. The molecule has 0 unspecified atom stereocenters. The lowest BCUT2D eigenvalue weighted by Crippen LogP contribution is -2.51. The molecule has 2 atom stereocenters. The van der Waals surface area contributed by atoms with Crippen molar-refractivity contribution < 1.29 is 14.3 Å². The number of carbonyl (C=O) groups excluding carboxylic acids is 1. The molecule has 28 heavy (non-hydrogen) atoms. The van der Waals surface area contributed by atoms with Crippen molar-refractivity contribution in [3.8, 4) is 5.88 Å². The van der Waals surface area contributed by atoms with E-state index in [1.165, 1.54) is 0 Å². The van der Waals surface area contributed by atoms with Crippen molar-refractivity contribution in [2.75, 3.05) is 13.2 Å². The van der Waals surface area contributed by atoms with Gasteiger partial charge in [0.2, 0.25) is 5.88 Å². The summed E-state index contributed by atoms with van der Waals surface area (Å²) in [6.45, 7) is 4.89. The second kappa shape index (κ2) is 7.94. The molecule has 0 radical (unpaired) electrons. The van der Waals surface area contributed by atoms with E-state index in [0.717, 1.165) is 16.5 Å². The number of aromatic nitrogens is 2. The molecule has 1 aliphatic heterocycles. The highest BCUT2D eigenvalue weighted by Crippen LogP contribution is 2.21. The largest absolute Gasteiger partial charge is 0.470 e. The van der Waals surface area contributed by atoms with Crippen LogP contribution in [0, 0.1) is 13.8 Å². The number of para-hydroxylation sites is 1. The van der Waals surface area contributed by atoms with Gasteiger partial charge in [-0.3, -0.25) is 9.78 Å². The van der Waals surface area contributed by atoms with E-state index in [-0.39, 0.29) is 18.1 Å². The fourth-order valence-electron chi connectivity index (χ4n) is 3.48. The first-order valence-electron chi connectivity index (χ1n) is 9.45.